The highest BCUT2D eigenvalue weighted by Gasteiger charge is 2.32. The predicted octanol–water partition coefficient (Wildman–Crippen LogP) is -1.21. The molecule has 0 aliphatic heterocycles. The van der Waals surface area contributed by atoms with E-state index in [1.165, 1.54) is 6.92 Å². The van der Waals surface area contributed by atoms with Gasteiger partial charge in [0, 0.05) is 1.37 Å². The van der Waals surface area contributed by atoms with Crippen molar-refractivity contribution in [2.24, 2.45) is 5.89 Å². The van der Waals surface area contributed by atoms with Gasteiger partial charge >= 0.3 is 11.9 Å². The first-order valence-corrected chi connectivity index (χ1v) is 3.15. The maximum Gasteiger partial charge on any atom is 0.363 e. The minimum absolute atomic E-state index is 0.0806. The molecule has 0 amide bonds. The number of aliphatic carboxylic acids is 2. The fourth-order valence-corrected chi connectivity index (χ4v) is 0.696. The lowest BCUT2D eigenvalue weighted by molar-refractivity contribution is -0.417. The van der Waals surface area contributed by atoms with Crippen LogP contribution in [0, 0.1) is 5.89 Å². The predicted molar refractivity (Wildman–Crippen MR) is 35.7 cm³/mol. The third-order valence-electron chi connectivity index (χ3n) is 1.37. The van der Waals surface area contributed by atoms with Crippen molar-refractivity contribution in [1.82, 2.24) is 0 Å². The molecule has 5 N–H and O–H groups in total. The van der Waals surface area contributed by atoms with E-state index >= 15 is 0 Å². The zero-order valence-electron chi connectivity index (χ0n) is 7.20. The van der Waals surface area contributed by atoms with Crippen LogP contribution in [0.5, 0.6) is 0 Å². The minimum atomic E-state index is -2.02. The largest absolute Gasteiger partial charge is 0.481 e. The summed E-state index contributed by atoms with van der Waals surface area (Å²) in [6.07, 6.45) is -0.0806. The first kappa shape index (κ1) is 8.00. The maximum atomic E-state index is 10.5. The maximum absolute atomic E-state index is 10.5. The molecule has 0 bridgehead atoms. The van der Waals surface area contributed by atoms with Gasteiger partial charge in [0.25, 0.3) is 0 Å². The van der Waals surface area contributed by atoms with Crippen LogP contribution in [0.1, 0.15) is 14.7 Å². The molecule has 2 atom stereocenters. The number of quaternary nitrogens is 1. The Balaban J connectivity index is 4.75. The smallest absolute Gasteiger partial charge is 0.363 e. The Hall–Kier alpha value is -1.10. The Morgan fingerprint density at radius 3 is 2.09 bits per heavy atom. The van der Waals surface area contributed by atoms with E-state index in [0.29, 0.717) is 0 Å². The molecule has 0 aliphatic rings. The number of carbonyl (C=O) groups is 2. The van der Waals surface area contributed by atoms with Gasteiger partial charge in [-0.05, 0) is 6.42 Å². The van der Waals surface area contributed by atoms with Crippen molar-refractivity contribution in [1.29, 1.82) is 0 Å². The topological polar surface area (TPSA) is 102 Å². The Labute approximate surface area is 65.2 Å². The molecule has 0 heterocycles. The minimum Gasteiger partial charge on any atom is -0.481 e. The number of rotatable bonds is 4. The van der Waals surface area contributed by atoms with Crippen LogP contribution in [-0.2, 0) is 9.59 Å². The Bertz CT molecular complexity index is 208. The highest BCUT2D eigenvalue weighted by atomic mass is 16.4. The molecule has 0 unspecified atom stereocenters. The zero-order valence-corrected chi connectivity index (χ0v) is 6.20. The van der Waals surface area contributed by atoms with Crippen LogP contribution >= 0.6 is 0 Å². The summed E-state index contributed by atoms with van der Waals surface area (Å²) in [5.74, 6) is -4.84. The monoisotopic (exact) mass is 163 g/mol. The summed E-state index contributed by atoms with van der Waals surface area (Å²) in [5.41, 5.74) is 3.13. The van der Waals surface area contributed by atoms with Gasteiger partial charge in [0.15, 0.2) is 6.04 Å². The number of hydrogen-bond donors (Lipinski definition) is 3. The van der Waals surface area contributed by atoms with Crippen molar-refractivity contribution in [3.05, 3.63) is 0 Å². The summed E-state index contributed by atoms with van der Waals surface area (Å²) in [4.78, 5) is 20.9. The van der Waals surface area contributed by atoms with Gasteiger partial charge in [-0.25, -0.2) is 4.79 Å². The average Bonchev–Trinajstić information content (AvgIpc) is 2.01. The molecule has 5 heteroatoms. The average molecular weight is 163 g/mol. The lowest BCUT2D eigenvalue weighted by atomic mass is 9.98. The van der Waals surface area contributed by atoms with E-state index in [1.54, 1.807) is 0 Å². The summed E-state index contributed by atoms with van der Waals surface area (Å²) in [6.45, 7) is 1.45. The van der Waals surface area contributed by atoms with Gasteiger partial charge < -0.3 is 15.9 Å². The van der Waals surface area contributed by atoms with E-state index in [0.717, 1.165) is 0 Å². The van der Waals surface area contributed by atoms with Gasteiger partial charge in [0.2, 0.25) is 0 Å². The number of hydrogen-bond acceptors (Lipinski definition) is 2. The molecule has 0 aromatic rings. The third-order valence-corrected chi connectivity index (χ3v) is 1.37. The van der Waals surface area contributed by atoms with Crippen molar-refractivity contribution in [2.45, 2.75) is 19.4 Å². The van der Waals surface area contributed by atoms with Gasteiger partial charge in [0.1, 0.15) is 5.89 Å². The molecule has 64 valence electrons. The summed E-state index contributed by atoms with van der Waals surface area (Å²) in [7, 11) is 0. The molecule has 0 spiro atoms. The highest BCUT2D eigenvalue weighted by molar-refractivity contribution is 5.81. The zero-order chi connectivity index (χ0) is 9.94. The Morgan fingerprint density at radius 2 is 2.00 bits per heavy atom. The molecule has 0 rings (SSSR count). The van der Waals surface area contributed by atoms with Crippen molar-refractivity contribution >= 4 is 11.9 Å². The summed E-state index contributed by atoms with van der Waals surface area (Å²) >= 11 is 0. The summed E-state index contributed by atoms with van der Waals surface area (Å²) < 4.78 is 7.32. The van der Waals surface area contributed by atoms with E-state index in [4.69, 9.17) is 11.6 Å². The van der Waals surface area contributed by atoms with Crippen LogP contribution in [0.3, 0.4) is 0 Å². The normalized spacial score (nSPS) is 19.6. The number of carboxylic acids is 2. The molecule has 0 aromatic carbocycles. The van der Waals surface area contributed by atoms with Crippen LogP contribution in [0.4, 0.5) is 0 Å². The van der Waals surface area contributed by atoms with Gasteiger partial charge in [-0.2, -0.15) is 0 Å². The number of carboxylic acid groups (broad SMARTS) is 2. The standard InChI is InChI=1S/C6H11NO4/c1-2-3(5(8)9)4(7)6(10)11/h3-4H,2,7H2,1H3,(H,8,9)(H,10,11)/p+1/t3-,4+/m1/s1/i3D. The van der Waals surface area contributed by atoms with Gasteiger partial charge in [-0.15, -0.1) is 0 Å². The Kier molecular flexibility index (Phi) is 2.85. The van der Waals surface area contributed by atoms with Crippen LogP contribution in [0.25, 0.3) is 0 Å². The molecule has 0 saturated heterocycles. The summed E-state index contributed by atoms with van der Waals surface area (Å²) in [6, 6.07) is -1.44. The van der Waals surface area contributed by atoms with Gasteiger partial charge in [0.05, 0.1) is 0 Å². The highest BCUT2D eigenvalue weighted by Crippen LogP contribution is 2.05. The molecular formula is C6H12NO4+. The third kappa shape index (κ3) is 2.55. The second kappa shape index (κ2) is 3.92. The van der Waals surface area contributed by atoms with Crippen LogP contribution in [-0.4, -0.2) is 28.2 Å². The lowest BCUT2D eigenvalue weighted by Gasteiger charge is -2.10. The van der Waals surface area contributed by atoms with Gasteiger partial charge in [-0.1, -0.05) is 6.92 Å². The molecule has 0 radical (unpaired) electrons. The lowest BCUT2D eigenvalue weighted by Crippen LogP contribution is -2.69. The van der Waals surface area contributed by atoms with E-state index < -0.39 is 23.9 Å². The molecule has 0 aromatic heterocycles. The molecule has 0 fully saturated rings. The molecule has 0 aliphatic carbocycles. The molecule has 5 nitrogen and oxygen atoms in total. The quantitative estimate of drug-likeness (QED) is 0.484. The second-order valence-electron chi connectivity index (χ2n) is 2.07. The van der Waals surface area contributed by atoms with E-state index in [-0.39, 0.29) is 6.42 Å². The molecular weight excluding hydrogens is 150 g/mol. The SMILES string of the molecule is [2H][C@](CC)(C(=O)O)[C@H]([NH3+])C(=O)O. The first-order chi connectivity index (χ1) is 5.36. The van der Waals surface area contributed by atoms with E-state index in [1.807, 2.05) is 0 Å². The van der Waals surface area contributed by atoms with Crippen molar-refractivity contribution in [3.63, 3.8) is 0 Å². The van der Waals surface area contributed by atoms with E-state index in [9.17, 15) is 9.59 Å². The van der Waals surface area contributed by atoms with Crippen LogP contribution in [0.15, 0.2) is 0 Å². The Morgan fingerprint density at radius 1 is 1.55 bits per heavy atom. The van der Waals surface area contributed by atoms with Gasteiger partial charge in [-0.3, -0.25) is 4.79 Å². The van der Waals surface area contributed by atoms with Crippen molar-refractivity contribution in [3.8, 4) is 0 Å². The van der Waals surface area contributed by atoms with Crippen molar-refractivity contribution in [2.75, 3.05) is 0 Å². The fraction of sp³-hybridized carbons (Fsp3) is 0.667. The van der Waals surface area contributed by atoms with Crippen LogP contribution in [0.2, 0.25) is 0 Å². The summed E-state index contributed by atoms with van der Waals surface area (Å²) in [5, 5.41) is 17.0. The second-order valence-corrected chi connectivity index (χ2v) is 2.07. The molecule has 0 saturated carbocycles. The molecule has 11 heavy (non-hydrogen) atoms. The van der Waals surface area contributed by atoms with Crippen molar-refractivity contribution < 1.29 is 26.9 Å². The van der Waals surface area contributed by atoms with Crippen LogP contribution < -0.4 is 5.73 Å². The fourth-order valence-electron chi connectivity index (χ4n) is 0.696. The van der Waals surface area contributed by atoms with E-state index in [2.05, 4.69) is 5.73 Å². The first-order valence-electron chi connectivity index (χ1n) is 3.65.